The first-order valence-corrected chi connectivity index (χ1v) is 10.3. The largest absolute Gasteiger partial charge is 0.492 e. The number of nitrogens with one attached hydrogen (secondary N) is 2. The number of nitrogens with zero attached hydrogens (tertiary/aromatic N) is 2. The number of carbonyl (C=O) groups excluding carboxylic acids is 1. The van der Waals surface area contributed by atoms with Crippen molar-refractivity contribution in [2.75, 3.05) is 36.9 Å². The Morgan fingerprint density at radius 1 is 1.17 bits per heavy atom. The molecule has 2 aromatic rings. The van der Waals surface area contributed by atoms with E-state index in [0.717, 1.165) is 25.4 Å². The molecule has 2 atom stereocenters. The summed E-state index contributed by atoms with van der Waals surface area (Å²) in [5, 5.41) is 9.33. The molecule has 0 saturated carbocycles. The number of rotatable bonds is 6. The van der Waals surface area contributed by atoms with Crippen molar-refractivity contribution in [2.24, 2.45) is 0 Å². The van der Waals surface area contributed by atoms with E-state index < -0.39 is 0 Å². The molecule has 30 heavy (non-hydrogen) atoms. The van der Waals surface area contributed by atoms with Gasteiger partial charge in [0.15, 0.2) is 5.82 Å². The van der Waals surface area contributed by atoms with E-state index in [1.165, 1.54) is 0 Å². The number of carbonyl (C=O) groups is 1. The SMILES string of the molecule is CC1CN(CCOc2ccc(NC(=O)Nc3cc(C(C)(C)C)on3)cc2)CC(C)O1. The lowest BCUT2D eigenvalue weighted by Crippen LogP contribution is -2.46. The van der Waals surface area contributed by atoms with Gasteiger partial charge in [-0.15, -0.1) is 0 Å². The van der Waals surface area contributed by atoms with Crippen LogP contribution in [0.15, 0.2) is 34.9 Å². The van der Waals surface area contributed by atoms with Crippen LogP contribution in [0.2, 0.25) is 0 Å². The number of aromatic nitrogens is 1. The van der Waals surface area contributed by atoms with Crippen molar-refractivity contribution in [3.63, 3.8) is 0 Å². The minimum atomic E-state index is -0.381. The van der Waals surface area contributed by atoms with Crippen LogP contribution in [0.3, 0.4) is 0 Å². The van der Waals surface area contributed by atoms with E-state index in [0.29, 0.717) is 23.9 Å². The summed E-state index contributed by atoms with van der Waals surface area (Å²) in [5.41, 5.74) is 0.493. The molecule has 1 aromatic carbocycles. The van der Waals surface area contributed by atoms with Gasteiger partial charge in [0.25, 0.3) is 0 Å². The Balaban J connectivity index is 1.42. The molecule has 0 spiro atoms. The van der Waals surface area contributed by atoms with E-state index in [-0.39, 0.29) is 23.7 Å². The predicted octanol–water partition coefficient (Wildman–Crippen LogP) is 4.10. The smallest absolute Gasteiger partial charge is 0.324 e. The van der Waals surface area contributed by atoms with Gasteiger partial charge in [0, 0.05) is 36.8 Å². The first-order valence-electron chi connectivity index (χ1n) is 10.3. The topological polar surface area (TPSA) is 88.9 Å². The van der Waals surface area contributed by atoms with Crippen molar-refractivity contribution in [3.8, 4) is 5.75 Å². The van der Waals surface area contributed by atoms with Gasteiger partial charge >= 0.3 is 6.03 Å². The number of amides is 2. The maximum atomic E-state index is 12.2. The average Bonchev–Trinajstić information content (AvgIpc) is 3.11. The molecule has 2 N–H and O–H groups in total. The summed E-state index contributed by atoms with van der Waals surface area (Å²) < 4.78 is 16.9. The van der Waals surface area contributed by atoms with Gasteiger partial charge in [-0.1, -0.05) is 25.9 Å². The molecule has 8 heteroatoms. The lowest BCUT2D eigenvalue weighted by Gasteiger charge is -2.35. The van der Waals surface area contributed by atoms with Crippen LogP contribution in [0.5, 0.6) is 5.75 Å². The number of benzene rings is 1. The number of ether oxygens (including phenoxy) is 2. The van der Waals surface area contributed by atoms with Gasteiger partial charge in [-0.05, 0) is 38.1 Å². The highest BCUT2D eigenvalue weighted by Crippen LogP contribution is 2.24. The predicted molar refractivity (Wildman–Crippen MR) is 116 cm³/mol. The van der Waals surface area contributed by atoms with Crippen LogP contribution < -0.4 is 15.4 Å². The van der Waals surface area contributed by atoms with E-state index in [9.17, 15) is 4.79 Å². The zero-order chi connectivity index (χ0) is 21.7. The molecule has 2 amide bonds. The second-order valence-corrected chi connectivity index (χ2v) is 8.80. The van der Waals surface area contributed by atoms with Gasteiger partial charge in [-0.25, -0.2) is 4.79 Å². The maximum absolute atomic E-state index is 12.2. The second kappa shape index (κ2) is 9.49. The molecular formula is C22H32N4O4. The summed E-state index contributed by atoms with van der Waals surface area (Å²) in [6.45, 7) is 13.6. The van der Waals surface area contributed by atoms with Crippen LogP contribution in [0.4, 0.5) is 16.3 Å². The molecule has 1 saturated heterocycles. The molecule has 1 aliphatic rings. The number of urea groups is 1. The van der Waals surface area contributed by atoms with Crippen molar-refractivity contribution >= 4 is 17.5 Å². The summed E-state index contributed by atoms with van der Waals surface area (Å²) in [6, 6.07) is 8.64. The van der Waals surface area contributed by atoms with Crippen LogP contribution in [-0.2, 0) is 10.2 Å². The molecular weight excluding hydrogens is 384 g/mol. The van der Waals surface area contributed by atoms with Crippen LogP contribution in [0, 0.1) is 0 Å². The highest BCUT2D eigenvalue weighted by atomic mass is 16.5. The Labute approximate surface area is 177 Å². The third-order valence-corrected chi connectivity index (χ3v) is 4.77. The molecule has 0 radical (unpaired) electrons. The van der Waals surface area contributed by atoms with Gasteiger partial charge < -0.3 is 19.3 Å². The molecule has 1 aliphatic heterocycles. The van der Waals surface area contributed by atoms with Gasteiger partial charge in [0.2, 0.25) is 0 Å². The minimum absolute atomic E-state index is 0.169. The van der Waals surface area contributed by atoms with Crippen molar-refractivity contribution in [2.45, 2.75) is 52.2 Å². The fraction of sp³-hybridized carbons (Fsp3) is 0.545. The highest BCUT2D eigenvalue weighted by molar-refractivity contribution is 5.99. The van der Waals surface area contributed by atoms with Gasteiger partial charge in [-0.2, -0.15) is 0 Å². The lowest BCUT2D eigenvalue weighted by molar-refractivity contribution is -0.0699. The third-order valence-electron chi connectivity index (χ3n) is 4.77. The summed E-state index contributed by atoms with van der Waals surface area (Å²) >= 11 is 0. The van der Waals surface area contributed by atoms with Crippen LogP contribution >= 0.6 is 0 Å². The third kappa shape index (κ3) is 6.47. The molecule has 164 valence electrons. The van der Waals surface area contributed by atoms with Crippen LogP contribution in [-0.4, -0.2) is 54.5 Å². The molecule has 8 nitrogen and oxygen atoms in total. The van der Waals surface area contributed by atoms with Crippen LogP contribution in [0.25, 0.3) is 0 Å². The summed E-state index contributed by atoms with van der Waals surface area (Å²) in [7, 11) is 0. The number of hydrogen-bond acceptors (Lipinski definition) is 6. The molecule has 0 aliphatic carbocycles. The van der Waals surface area contributed by atoms with E-state index >= 15 is 0 Å². The Morgan fingerprint density at radius 3 is 2.43 bits per heavy atom. The Kier molecular flexibility index (Phi) is 6.99. The quantitative estimate of drug-likeness (QED) is 0.737. The number of anilines is 2. The Hall–Kier alpha value is -2.58. The number of morpholine rings is 1. The first-order chi connectivity index (χ1) is 14.2. The van der Waals surface area contributed by atoms with E-state index in [1.807, 2.05) is 32.9 Å². The molecule has 2 heterocycles. The van der Waals surface area contributed by atoms with Gasteiger partial charge in [-0.3, -0.25) is 10.2 Å². The van der Waals surface area contributed by atoms with Crippen molar-refractivity contribution < 1.29 is 18.8 Å². The standard InChI is InChI=1S/C22H32N4O4/c1-15-13-26(14-16(2)29-15)10-11-28-18-8-6-17(7-9-18)23-21(27)24-20-12-19(30-25-20)22(3,4)5/h6-9,12,15-16H,10-11,13-14H2,1-5H3,(H2,23,24,25,27). The molecule has 1 fully saturated rings. The van der Waals surface area contributed by atoms with E-state index in [4.69, 9.17) is 14.0 Å². The molecule has 2 unspecified atom stereocenters. The lowest BCUT2D eigenvalue weighted by atomic mass is 9.93. The Morgan fingerprint density at radius 2 is 1.83 bits per heavy atom. The van der Waals surface area contributed by atoms with Gasteiger partial charge in [0.1, 0.15) is 18.1 Å². The minimum Gasteiger partial charge on any atom is -0.492 e. The molecule has 3 rings (SSSR count). The summed E-state index contributed by atoms with van der Waals surface area (Å²) in [6.07, 6.45) is 0.505. The maximum Gasteiger partial charge on any atom is 0.324 e. The zero-order valence-corrected chi connectivity index (χ0v) is 18.4. The fourth-order valence-electron chi connectivity index (χ4n) is 3.36. The highest BCUT2D eigenvalue weighted by Gasteiger charge is 2.22. The second-order valence-electron chi connectivity index (χ2n) is 8.80. The monoisotopic (exact) mass is 416 g/mol. The fourth-order valence-corrected chi connectivity index (χ4v) is 3.36. The Bertz CT molecular complexity index is 818. The first kappa shape index (κ1) is 22.1. The summed E-state index contributed by atoms with van der Waals surface area (Å²) in [4.78, 5) is 14.5. The van der Waals surface area contributed by atoms with Crippen molar-refractivity contribution in [3.05, 3.63) is 36.1 Å². The molecule has 1 aromatic heterocycles. The summed E-state index contributed by atoms with van der Waals surface area (Å²) in [5.74, 6) is 1.85. The van der Waals surface area contributed by atoms with Crippen LogP contribution in [0.1, 0.15) is 40.4 Å². The van der Waals surface area contributed by atoms with E-state index in [1.54, 1.807) is 18.2 Å². The average molecular weight is 417 g/mol. The number of hydrogen-bond donors (Lipinski definition) is 2. The normalized spacial score (nSPS) is 20.0. The van der Waals surface area contributed by atoms with Gasteiger partial charge in [0.05, 0.1) is 12.2 Å². The van der Waals surface area contributed by atoms with Crippen molar-refractivity contribution in [1.82, 2.24) is 10.1 Å². The van der Waals surface area contributed by atoms with E-state index in [2.05, 4.69) is 34.5 Å². The molecule has 0 bridgehead atoms. The zero-order valence-electron chi connectivity index (χ0n) is 18.4. The van der Waals surface area contributed by atoms with Crippen molar-refractivity contribution in [1.29, 1.82) is 0 Å².